The van der Waals surface area contributed by atoms with Crippen LogP contribution in [0.1, 0.15) is 0 Å². The Balaban J connectivity index is 2.45. The Morgan fingerprint density at radius 3 is 2.77 bits per heavy atom. The Bertz CT molecular complexity index is 341. The largest absolute Gasteiger partial charge is 0.586 e. The van der Waals surface area contributed by atoms with Crippen LogP contribution in [0.2, 0.25) is 0 Å². The molecule has 1 heterocycles. The summed E-state index contributed by atoms with van der Waals surface area (Å²) >= 11 is 1.34. The summed E-state index contributed by atoms with van der Waals surface area (Å²) in [6.07, 6.45) is -1.73. The predicted octanol–water partition coefficient (Wildman–Crippen LogP) is 2.73. The standard InChI is InChI=1S/C8H6F2O2S/c1-13-6-4-2-3-5-7(6)12-8(9,10)11-5/h2-4H,1H3. The molecular formula is C8H6F2O2S. The maximum atomic E-state index is 12.6. The van der Waals surface area contributed by atoms with Gasteiger partial charge < -0.3 is 9.47 Å². The fraction of sp³-hybridized carbons (Fsp3) is 0.250. The number of thioether (sulfide) groups is 1. The second-order valence-electron chi connectivity index (χ2n) is 2.46. The van der Waals surface area contributed by atoms with Gasteiger partial charge >= 0.3 is 6.29 Å². The van der Waals surface area contributed by atoms with Gasteiger partial charge in [0.05, 0.1) is 4.90 Å². The molecule has 0 aliphatic carbocycles. The van der Waals surface area contributed by atoms with Gasteiger partial charge in [-0.05, 0) is 18.4 Å². The lowest BCUT2D eigenvalue weighted by Gasteiger charge is -2.05. The Kier molecular flexibility index (Phi) is 1.83. The molecule has 0 radical (unpaired) electrons. The van der Waals surface area contributed by atoms with E-state index in [0.29, 0.717) is 4.90 Å². The van der Waals surface area contributed by atoms with Crippen LogP contribution in [0.4, 0.5) is 8.78 Å². The molecule has 0 aromatic heterocycles. The number of benzene rings is 1. The first kappa shape index (κ1) is 8.62. The number of ether oxygens (including phenoxy) is 2. The van der Waals surface area contributed by atoms with E-state index in [-0.39, 0.29) is 11.5 Å². The minimum absolute atomic E-state index is 0.0943. The molecule has 1 aromatic rings. The van der Waals surface area contributed by atoms with Crippen LogP contribution in [0.25, 0.3) is 0 Å². The Morgan fingerprint density at radius 2 is 2.08 bits per heavy atom. The lowest BCUT2D eigenvalue weighted by atomic mass is 10.3. The molecular weight excluding hydrogens is 198 g/mol. The first-order chi connectivity index (χ1) is 6.12. The van der Waals surface area contributed by atoms with Gasteiger partial charge in [-0.15, -0.1) is 20.5 Å². The molecule has 0 bridgehead atoms. The third kappa shape index (κ3) is 1.44. The van der Waals surface area contributed by atoms with Crippen molar-refractivity contribution in [2.45, 2.75) is 11.2 Å². The number of alkyl halides is 2. The number of fused-ring (bicyclic) bond motifs is 1. The summed E-state index contributed by atoms with van der Waals surface area (Å²) in [5.74, 6) is 0.219. The van der Waals surface area contributed by atoms with E-state index in [1.54, 1.807) is 18.4 Å². The van der Waals surface area contributed by atoms with Crippen molar-refractivity contribution in [3.8, 4) is 11.5 Å². The molecule has 13 heavy (non-hydrogen) atoms. The van der Waals surface area contributed by atoms with Crippen LogP contribution in [0, 0.1) is 0 Å². The van der Waals surface area contributed by atoms with E-state index in [2.05, 4.69) is 9.47 Å². The van der Waals surface area contributed by atoms with Gasteiger partial charge in [0.2, 0.25) is 0 Å². The van der Waals surface area contributed by atoms with Crippen molar-refractivity contribution in [3.63, 3.8) is 0 Å². The van der Waals surface area contributed by atoms with Gasteiger partial charge in [-0.1, -0.05) is 6.07 Å². The van der Waals surface area contributed by atoms with E-state index >= 15 is 0 Å². The molecule has 0 atom stereocenters. The quantitative estimate of drug-likeness (QED) is 0.655. The summed E-state index contributed by atoms with van der Waals surface area (Å²) < 4.78 is 33.8. The third-order valence-electron chi connectivity index (χ3n) is 1.61. The van der Waals surface area contributed by atoms with Gasteiger partial charge in [0.15, 0.2) is 11.5 Å². The maximum Gasteiger partial charge on any atom is 0.586 e. The fourth-order valence-corrected chi connectivity index (χ4v) is 1.65. The molecule has 0 saturated carbocycles. The zero-order chi connectivity index (χ0) is 9.47. The van der Waals surface area contributed by atoms with Crippen molar-refractivity contribution in [3.05, 3.63) is 18.2 Å². The topological polar surface area (TPSA) is 18.5 Å². The maximum absolute atomic E-state index is 12.6. The van der Waals surface area contributed by atoms with E-state index < -0.39 is 6.29 Å². The molecule has 0 amide bonds. The van der Waals surface area contributed by atoms with E-state index in [9.17, 15) is 8.78 Å². The van der Waals surface area contributed by atoms with Crippen molar-refractivity contribution >= 4 is 11.8 Å². The van der Waals surface area contributed by atoms with Crippen LogP contribution in [0.5, 0.6) is 11.5 Å². The van der Waals surface area contributed by atoms with E-state index in [4.69, 9.17) is 0 Å². The second-order valence-corrected chi connectivity index (χ2v) is 3.30. The average Bonchev–Trinajstić information content (AvgIpc) is 2.37. The molecule has 5 heteroatoms. The van der Waals surface area contributed by atoms with E-state index in [0.717, 1.165) is 0 Å². The molecule has 70 valence electrons. The molecule has 0 spiro atoms. The van der Waals surface area contributed by atoms with E-state index in [1.165, 1.54) is 17.8 Å². The molecule has 0 saturated heterocycles. The van der Waals surface area contributed by atoms with Crippen LogP contribution in [0.3, 0.4) is 0 Å². The van der Waals surface area contributed by atoms with Gasteiger partial charge in [0, 0.05) is 0 Å². The summed E-state index contributed by atoms with van der Waals surface area (Å²) in [5, 5.41) is 0. The zero-order valence-electron chi connectivity index (χ0n) is 6.71. The lowest BCUT2D eigenvalue weighted by molar-refractivity contribution is -0.287. The molecule has 0 unspecified atom stereocenters. The van der Waals surface area contributed by atoms with Gasteiger partial charge in [0.1, 0.15) is 0 Å². The van der Waals surface area contributed by atoms with Gasteiger partial charge in [-0.25, -0.2) is 0 Å². The Morgan fingerprint density at radius 1 is 1.31 bits per heavy atom. The van der Waals surface area contributed by atoms with Crippen LogP contribution in [-0.2, 0) is 0 Å². The van der Waals surface area contributed by atoms with Crippen molar-refractivity contribution in [1.29, 1.82) is 0 Å². The molecule has 1 aliphatic heterocycles. The number of hydrogen-bond acceptors (Lipinski definition) is 3. The number of rotatable bonds is 1. The van der Waals surface area contributed by atoms with Gasteiger partial charge in [-0.2, -0.15) is 0 Å². The van der Waals surface area contributed by atoms with Crippen LogP contribution in [-0.4, -0.2) is 12.6 Å². The zero-order valence-corrected chi connectivity index (χ0v) is 7.53. The minimum atomic E-state index is -3.52. The molecule has 1 aromatic carbocycles. The van der Waals surface area contributed by atoms with E-state index in [1.807, 2.05) is 0 Å². The fourth-order valence-electron chi connectivity index (χ4n) is 1.11. The van der Waals surface area contributed by atoms with Crippen molar-refractivity contribution in [1.82, 2.24) is 0 Å². The van der Waals surface area contributed by atoms with Crippen LogP contribution >= 0.6 is 11.8 Å². The van der Waals surface area contributed by atoms with Crippen molar-refractivity contribution in [2.24, 2.45) is 0 Å². The molecule has 0 N–H and O–H groups in total. The lowest BCUT2D eigenvalue weighted by Crippen LogP contribution is -2.26. The van der Waals surface area contributed by atoms with Crippen LogP contribution < -0.4 is 9.47 Å². The van der Waals surface area contributed by atoms with Gasteiger partial charge in [0.25, 0.3) is 0 Å². The molecule has 2 rings (SSSR count). The predicted molar refractivity (Wildman–Crippen MR) is 44.4 cm³/mol. The summed E-state index contributed by atoms with van der Waals surface area (Å²) in [6.45, 7) is 0. The molecule has 1 aliphatic rings. The highest BCUT2D eigenvalue weighted by molar-refractivity contribution is 7.98. The summed E-state index contributed by atoms with van der Waals surface area (Å²) in [6, 6.07) is 4.81. The highest BCUT2D eigenvalue weighted by Gasteiger charge is 2.44. The SMILES string of the molecule is CSc1cccc2c1OC(F)(F)O2. The van der Waals surface area contributed by atoms with Crippen LogP contribution in [0.15, 0.2) is 23.1 Å². The minimum Gasteiger partial charge on any atom is -0.395 e. The molecule has 2 nitrogen and oxygen atoms in total. The van der Waals surface area contributed by atoms with Crippen molar-refractivity contribution < 1.29 is 18.3 Å². The Labute approximate surface area is 77.8 Å². The second kappa shape index (κ2) is 2.77. The van der Waals surface area contributed by atoms with Crippen molar-refractivity contribution in [2.75, 3.05) is 6.26 Å². The summed E-state index contributed by atoms with van der Waals surface area (Å²) in [4.78, 5) is 0.648. The summed E-state index contributed by atoms with van der Waals surface area (Å²) in [5.41, 5.74) is 0. The first-order valence-electron chi connectivity index (χ1n) is 3.55. The number of hydrogen-bond donors (Lipinski definition) is 0. The number of para-hydroxylation sites is 1. The summed E-state index contributed by atoms with van der Waals surface area (Å²) in [7, 11) is 0. The third-order valence-corrected chi connectivity index (χ3v) is 2.37. The normalized spacial score (nSPS) is 17.5. The monoisotopic (exact) mass is 204 g/mol. The highest BCUT2D eigenvalue weighted by Crippen LogP contribution is 2.45. The smallest absolute Gasteiger partial charge is 0.395 e. The number of halogens is 2. The average molecular weight is 204 g/mol. The molecule has 0 fully saturated rings. The highest BCUT2D eigenvalue weighted by atomic mass is 32.2. The first-order valence-corrected chi connectivity index (χ1v) is 4.78. The Hall–Kier alpha value is -0.970. The van der Waals surface area contributed by atoms with Gasteiger partial charge in [-0.3, -0.25) is 0 Å².